The molecule has 0 radical (unpaired) electrons. The van der Waals surface area contributed by atoms with Crippen molar-refractivity contribution in [3.8, 4) is 0 Å². The minimum absolute atomic E-state index is 0. The Hall–Kier alpha value is -1.17. The van der Waals surface area contributed by atoms with Crippen LogP contribution in [0.25, 0.3) is 0 Å². The molecular weight excluding hydrogens is 271 g/mol. The summed E-state index contributed by atoms with van der Waals surface area (Å²) in [6.07, 6.45) is 0.809. The summed E-state index contributed by atoms with van der Waals surface area (Å²) in [5.41, 5.74) is 6.16. The summed E-state index contributed by atoms with van der Waals surface area (Å²) in [6, 6.07) is 6.04. The molecule has 0 bridgehead atoms. The molecular formula is C13H20ClFN2O2. The molecule has 0 aromatic heterocycles. The van der Waals surface area contributed by atoms with Gasteiger partial charge in [-0.15, -0.1) is 12.4 Å². The normalized spacial score (nSPS) is 11.5. The van der Waals surface area contributed by atoms with Crippen molar-refractivity contribution >= 4 is 18.3 Å². The van der Waals surface area contributed by atoms with Crippen LogP contribution in [0.1, 0.15) is 24.5 Å². The number of nitrogens with two attached hydrogens (primary N) is 1. The van der Waals surface area contributed by atoms with Crippen LogP contribution >= 0.6 is 12.4 Å². The van der Waals surface area contributed by atoms with E-state index in [4.69, 9.17) is 10.5 Å². The van der Waals surface area contributed by atoms with Crippen molar-refractivity contribution in [3.05, 3.63) is 35.6 Å². The van der Waals surface area contributed by atoms with Crippen molar-refractivity contribution in [2.24, 2.45) is 5.73 Å². The van der Waals surface area contributed by atoms with Gasteiger partial charge in [0.2, 0.25) is 5.91 Å². The first-order valence-electron chi connectivity index (χ1n) is 5.92. The molecule has 0 fully saturated rings. The van der Waals surface area contributed by atoms with Gasteiger partial charge in [0.15, 0.2) is 0 Å². The maximum atomic E-state index is 12.8. The Morgan fingerprint density at radius 2 is 2.05 bits per heavy atom. The number of carbonyl (C=O) groups excluding carboxylic acids is 1. The average molecular weight is 291 g/mol. The van der Waals surface area contributed by atoms with Crippen molar-refractivity contribution in [2.45, 2.75) is 18.9 Å². The van der Waals surface area contributed by atoms with Crippen LogP contribution in [0.4, 0.5) is 4.39 Å². The van der Waals surface area contributed by atoms with E-state index in [2.05, 4.69) is 5.32 Å². The first kappa shape index (κ1) is 17.8. The molecule has 0 aliphatic heterocycles. The summed E-state index contributed by atoms with van der Waals surface area (Å²) in [7, 11) is 1.56. The molecule has 1 rings (SSSR count). The minimum atomic E-state index is -0.291. The van der Waals surface area contributed by atoms with E-state index in [1.54, 1.807) is 19.2 Å². The van der Waals surface area contributed by atoms with Crippen molar-refractivity contribution in [1.29, 1.82) is 0 Å². The molecule has 3 N–H and O–H groups in total. The zero-order valence-electron chi connectivity index (χ0n) is 10.9. The number of nitrogens with one attached hydrogen (secondary N) is 1. The van der Waals surface area contributed by atoms with Gasteiger partial charge in [0.25, 0.3) is 0 Å². The lowest BCUT2D eigenvalue weighted by Crippen LogP contribution is -2.29. The van der Waals surface area contributed by atoms with Crippen molar-refractivity contribution in [2.75, 3.05) is 20.2 Å². The number of methoxy groups -OCH3 is 1. The van der Waals surface area contributed by atoms with E-state index in [1.165, 1.54) is 12.1 Å². The quantitative estimate of drug-likeness (QED) is 0.805. The maximum Gasteiger partial charge on any atom is 0.220 e. The largest absolute Gasteiger partial charge is 0.375 e. The predicted molar refractivity (Wildman–Crippen MR) is 74.7 cm³/mol. The van der Waals surface area contributed by atoms with Crippen LogP contribution in [0.2, 0.25) is 0 Å². The van der Waals surface area contributed by atoms with E-state index in [-0.39, 0.29) is 30.2 Å². The lowest BCUT2D eigenvalue weighted by molar-refractivity contribution is -0.121. The van der Waals surface area contributed by atoms with Gasteiger partial charge in [0, 0.05) is 20.1 Å². The SMILES string of the molecule is COC(CNC(=O)CCCN)c1ccc(F)cc1.Cl. The third kappa shape index (κ3) is 6.52. The fourth-order valence-electron chi connectivity index (χ4n) is 1.57. The Kier molecular flexibility index (Phi) is 9.12. The second-order valence-electron chi connectivity index (χ2n) is 3.97. The number of benzene rings is 1. The molecule has 1 amide bonds. The van der Waals surface area contributed by atoms with E-state index in [0.717, 1.165) is 5.56 Å². The fourth-order valence-corrected chi connectivity index (χ4v) is 1.57. The van der Waals surface area contributed by atoms with E-state index < -0.39 is 0 Å². The Labute approximate surface area is 118 Å². The number of hydrogen-bond donors (Lipinski definition) is 2. The van der Waals surface area contributed by atoms with Crippen LogP contribution in [0.5, 0.6) is 0 Å². The summed E-state index contributed by atoms with van der Waals surface area (Å²) < 4.78 is 18.1. The fraction of sp³-hybridized carbons (Fsp3) is 0.462. The first-order valence-corrected chi connectivity index (χ1v) is 5.92. The summed E-state index contributed by atoms with van der Waals surface area (Å²) in [6.45, 7) is 0.866. The second kappa shape index (κ2) is 9.72. The highest BCUT2D eigenvalue weighted by Gasteiger charge is 2.11. The molecule has 0 aliphatic carbocycles. The van der Waals surface area contributed by atoms with Gasteiger partial charge in [-0.25, -0.2) is 4.39 Å². The van der Waals surface area contributed by atoms with Gasteiger partial charge in [-0.1, -0.05) is 12.1 Å². The Morgan fingerprint density at radius 3 is 2.58 bits per heavy atom. The van der Waals surface area contributed by atoms with E-state index in [9.17, 15) is 9.18 Å². The summed E-state index contributed by atoms with van der Waals surface area (Å²) in [5, 5.41) is 2.77. The number of halogens is 2. The highest BCUT2D eigenvalue weighted by atomic mass is 35.5. The van der Waals surface area contributed by atoms with Crippen molar-refractivity contribution < 1.29 is 13.9 Å². The van der Waals surface area contributed by atoms with E-state index in [1.807, 2.05) is 0 Å². The molecule has 1 aromatic carbocycles. The van der Waals surface area contributed by atoms with Gasteiger partial charge in [-0.3, -0.25) is 4.79 Å². The third-order valence-corrected chi connectivity index (χ3v) is 2.62. The van der Waals surface area contributed by atoms with Crippen LogP contribution in [-0.4, -0.2) is 26.1 Å². The number of amides is 1. The number of rotatable bonds is 7. The van der Waals surface area contributed by atoms with Crippen LogP contribution in [-0.2, 0) is 9.53 Å². The van der Waals surface area contributed by atoms with E-state index >= 15 is 0 Å². The Morgan fingerprint density at radius 1 is 1.42 bits per heavy atom. The van der Waals surface area contributed by atoms with Crippen molar-refractivity contribution in [3.63, 3.8) is 0 Å². The van der Waals surface area contributed by atoms with Gasteiger partial charge < -0.3 is 15.8 Å². The molecule has 0 spiro atoms. The topological polar surface area (TPSA) is 64.3 Å². The molecule has 4 nitrogen and oxygen atoms in total. The van der Waals surface area contributed by atoms with Crippen LogP contribution < -0.4 is 11.1 Å². The second-order valence-corrected chi connectivity index (χ2v) is 3.97. The molecule has 0 saturated carbocycles. The zero-order valence-corrected chi connectivity index (χ0v) is 11.7. The van der Waals surface area contributed by atoms with Crippen LogP contribution in [0.15, 0.2) is 24.3 Å². The van der Waals surface area contributed by atoms with Gasteiger partial charge in [0.05, 0.1) is 6.10 Å². The molecule has 1 atom stereocenters. The van der Waals surface area contributed by atoms with Gasteiger partial charge >= 0.3 is 0 Å². The minimum Gasteiger partial charge on any atom is -0.375 e. The monoisotopic (exact) mass is 290 g/mol. The maximum absolute atomic E-state index is 12.8. The number of carbonyl (C=O) groups is 1. The smallest absolute Gasteiger partial charge is 0.220 e. The molecule has 1 aromatic rings. The average Bonchev–Trinajstić information content (AvgIpc) is 2.39. The number of hydrogen-bond acceptors (Lipinski definition) is 3. The molecule has 0 saturated heterocycles. The molecule has 6 heteroatoms. The van der Waals surface area contributed by atoms with Gasteiger partial charge in [-0.05, 0) is 30.7 Å². The summed E-state index contributed by atoms with van der Waals surface area (Å²) >= 11 is 0. The molecule has 0 aliphatic rings. The van der Waals surface area contributed by atoms with E-state index in [0.29, 0.717) is 25.9 Å². The first-order chi connectivity index (χ1) is 8.67. The molecule has 0 heterocycles. The zero-order chi connectivity index (χ0) is 13.4. The Bertz CT molecular complexity index is 373. The molecule has 19 heavy (non-hydrogen) atoms. The van der Waals surface area contributed by atoms with Gasteiger partial charge in [-0.2, -0.15) is 0 Å². The predicted octanol–water partition coefficient (Wildman–Crippen LogP) is 1.79. The van der Waals surface area contributed by atoms with Crippen LogP contribution in [0, 0.1) is 5.82 Å². The van der Waals surface area contributed by atoms with Crippen LogP contribution in [0.3, 0.4) is 0 Å². The molecule has 108 valence electrons. The third-order valence-electron chi connectivity index (χ3n) is 2.62. The Balaban J connectivity index is 0.00000324. The highest BCUT2D eigenvalue weighted by Crippen LogP contribution is 2.16. The standard InChI is InChI=1S/C13H19FN2O2.ClH/c1-18-12(9-16-13(17)3-2-8-15)10-4-6-11(14)7-5-10;/h4-7,12H,2-3,8-9,15H2,1H3,(H,16,17);1H. The summed E-state index contributed by atoms with van der Waals surface area (Å²) in [5.74, 6) is -0.342. The van der Waals surface area contributed by atoms with Gasteiger partial charge in [0.1, 0.15) is 5.82 Å². The lowest BCUT2D eigenvalue weighted by Gasteiger charge is -2.16. The number of ether oxygens (including phenoxy) is 1. The molecule has 1 unspecified atom stereocenters. The highest BCUT2D eigenvalue weighted by molar-refractivity contribution is 5.85. The summed E-state index contributed by atoms with van der Waals surface area (Å²) in [4.78, 5) is 11.4. The van der Waals surface area contributed by atoms with Crippen molar-refractivity contribution in [1.82, 2.24) is 5.32 Å². The lowest BCUT2D eigenvalue weighted by atomic mass is 10.1.